The van der Waals surface area contributed by atoms with Gasteiger partial charge in [-0.25, -0.2) is 0 Å². The summed E-state index contributed by atoms with van der Waals surface area (Å²) >= 11 is 0. The molecule has 0 aromatic heterocycles. The first-order valence-corrected chi connectivity index (χ1v) is 7.81. The van der Waals surface area contributed by atoms with Crippen molar-refractivity contribution >= 4 is 7.85 Å². The molecule has 0 aliphatic rings. The molecule has 0 fully saturated rings. The fourth-order valence-electron chi connectivity index (χ4n) is 1.83. The predicted octanol–water partition coefficient (Wildman–Crippen LogP) is 5.59. The summed E-state index contributed by atoms with van der Waals surface area (Å²) in [4.78, 5) is 0. The Morgan fingerprint density at radius 2 is 1.60 bits per heavy atom. The largest absolute Gasteiger partial charge is 0.331 e. The Bertz CT molecular complexity index is 265. The Morgan fingerprint density at radius 3 is 1.95 bits per heavy atom. The summed E-state index contributed by atoms with van der Waals surface area (Å²) in [6, 6.07) is 0. The maximum Gasteiger partial charge on any atom is 0.0606 e. The molecule has 0 amide bonds. The van der Waals surface area contributed by atoms with Gasteiger partial charge in [-0.1, -0.05) is 64.2 Å². The fourth-order valence-corrected chi connectivity index (χ4v) is 1.83. The van der Waals surface area contributed by atoms with Crippen LogP contribution < -0.4 is 5.73 Å². The quantitative estimate of drug-likeness (QED) is 0.366. The van der Waals surface area contributed by atoms with Crippen molar-refractivity contribution < 1.29 is 0 Å². The van der Waals surface area contributed by atoms with Crippen LogP contribution in [0.3, 0.4) is 0 Å². The van der Waals surface area contributed by atoms with Gasteiger partial charge in [0.1, 0.15) is 0 Å². The average molecular weight is 277 g/mol. The summed E-state index contributed by atoms with van der Waals surface area (Å²) in [5.74, 6) is 0. The summed E-state index contributed by atoms with van der Waals surface area (Å²) in [6.45, 7) is 16.8. The molecule has 0 bridgehead atoms. The van der Waals surface area contributed by atoms with Crippen LogP contribution in [0, 0.1) is 0 Å². The van der Waals surface area contributed by atoms with Crippen LogP contribution in [0.1, 0.15) is 66.7 Å². The first kappa shape index (κ1) is 24.3. The zero-order chi connectivity index (χ0) is 16.4. The Labute approximate surface area is 129 Å². The molecule has 2 heteroatoms. The van der Waals surface area contributed by atoms with Crippen LogP contribution in [0.5, 0.6) is 0 Å². The number of nitrogens with two attached hydrogens (primary N) is 1. The van der Waals surface area contributed by atoms with Crippen LogP contribution in [-0.4, -0.2) is 14.4 Å². The average Bonchev–Trinajstić information content (AvgIpc) is 2.41. The van der Waals surface area contributed by atoms with E-state index in [0.717, 1.165) is 6.54 Å². The predicted molar refractivity (Wildman–Crippen MR) is 97.4 cm³/mol. The van der Waals surface area contributed by atoms with E-state index >= 15 is 0 Å². The summed E-state index contributed by atoms with van der Waals surface area (Å²) in [6.07, 6.45) is 10.8. The van der Waals surface area contributed by atoms with Crippen LogP contribution in [0.2, 0.25) is 6.82 Å². The van der Waals surface area contributed by atoms with E-state index < -0.39 is 0 Å². The lowest BCUT2D eigenvalue weighted by Crippen LogP contribution is -1.90. The second kappa shape index (κ2) is 20.6. The van der Waals surface area contributed by atoms with Gasteiger partial charge in [-0.05, 0) is 51.3 Å². The molecule has 0 spiro atoms. The molecule has 20 heavy (non-hydrogen) atoms. The van der Waals surface area contributed by atoms with E-state index in [0.29, 0.717) is 0 Å². The SMILES string of the molecule is C=C(C)/C(CCCCCC)=C(C)\C=C/C.CCN.[B]C. The zero-order valence-corrected chi connectivity index (χ0v) is 14.8. The highest BCUT2D eigenvalue weighted by Crippen LogP contribution is 2.21. The third-order valence-corrected chi connectivity index (χ3v) is 2.69. The summed E-state index contributed by atoms with van der Waals surface area (Å²) in [7, 11) is 4.50. The van der Waals surface area contributed by atoms with Crippen LogP contribution in [0.25, 0.3) is 0 Å². The van der Waals surface area contributed by atoms with Gasteiger partial charge in [0, 0.05) is 0 Å². The molecular weight excluding hydrogens is 241 g/mol. The summed E-state index contributed by atoms with van der Waals surface area (Å²) < 4.78 is 0. The van der Waals surface area contributed by atoms with E-state index in [9.17, 15) is 0 Å². The minimum atomic E-state index is 0.750. The maximum absolute atomic E-state index is 4.85. The van der Waals surface area contributed by atoms with Crippen molar-refractivity contribution in [1.82, 2.24) is 0 Å². The van der Waals surface area contributed by atoms with Crippen LogP contribution >= 0.6 is 0 Å². The molecule has 1 nitrogen and oxygen atoms in total. The van der Waals surface area contributed by atoms with E-state index in [4.69, 9.17) is 5.73 Å². The van der Waals surface area contributed by atoms with Crippen molar-refractivity contribution in [1.29, 1.82) is 0 Å². The molecule has 2 N–H and O–H groups in total. The van der Waals surface area contributed by atoms with Gasteiger partial charge in [0.2, 0.25) is 0 Å². The molecular formula is C18H36BN. The second-order valence-electron chi connectivity index (χ2n) is 4.66. The van der Waals surface area contributed by atoms with E-state index in [2.05, 4.69) is 54.3 Å². The lowest BCUT2D eigenvalue weighted by molar-refractivity contribution is 0.665. The van der Waals surface area contributed by atoms with E-state index in [1.54, 1.807) is 0 Å². The second-order valence-corrected chi connectivity index (χ2v) is 4.66. The van der Waals surface area contributed by atoms with Gasteiger partial charge in [-0.3, -0.25) is 0 Å². The lowest BCUT2D eigenvalue weighted by Gasteiger charge is -2.09. The zero-order valence-electron chi connectivity index (χ0n) is 14.8. The molecule has 116 valence electrons. The molecule has 0 aliphatic carbocycles. The summed E-state index contributed by atoms with van der Waals surface area (Å²) in [5, 5.41) is 0. The monoisotopic (exact) mass is 277 g/mol. The van der Waals surface area contributed by atoms with Gasteiger partial charge in [-0.2, -0.15) is 0 Å². The number of hydrogen-bond acceptors (Lipinski definition) is 1. The molecule has 0 aliphatic heterocycles. The van der Waals surface area contributed by atoms with Gasteiger partial charge < -0.3 is 5.73 Å². The molecule has 0 saturated carbocycles. The molecule has 0 rings (SSSR count). The molecule has 0 saturated heterocycles. The highest BCUT2D eigenvalue weighted by atomic mass is 14.5. The fraction of sp³-hybridized carbons (Fsp3) is 0.667. The lowest BCUT2D eigenvalue weighted by atomic mass is 9.96. The highest BCUT2D eigenvalue weighted by molar-refractivity contribution is 6.05. The molecule has 2 radical (unpaired) electrons. The van der Waals surface area contributed by atoms with E-state index in [1.165, 1.54) is 55.6 Å². The van der Waals surface area contributed by atoms with E-state index in [-0.39, 0.29) is 0 Å². The normalized spacial score (nSPS) is 10.9. The maximum atomic E-state index is 4.85. The van der Waals surface area contributed by atoms with Crippen molar-refractivity contribution in [2.24, 2.45) is 5.73 Å². The Kier molecular flexibility index (Phi) is 25.0. The first-order valence-electron chi connectivity index (χ1n) is 7.81. The van der Waals surface area contributed by atoms with Crippen molar-refractivity contribution in [3.05, 3.63) is 35.5 Å². The molecule has 0 atom stereocenters. The van der Waals surface area contributed by atoms with Crippen molar-refractivity contribution in [3.63, 3.8) is 0 Å². The van der Waals surface area contributed by atoms with Crippen molar-refractivity contribution in [2.45, 2.75) is 73.5 Å². The van der Waals surface area contributed by atoms with Crippen LogP contribution in [0.15, 0.2) is 35.5 Å². The van der Waals surface area contributed by atoms with Crippen LogP contribution in [0.4, 0.5) is 0 Å². The summed E-state index contributed by atoms with van der Waals surface area (Å²) in [5.41, 5.74) is 8.90. The van der Waals surface area contributed by atoms with Gasteiger partial charge in [0.05, 0.1) is 7.85 Å². The van der Waals surface area contributed by atoms with Gasteiger partial charge >= 0.3 is 0 Å². The molecule has 0 aromatic rings. The minimum absolute atomic E-state index is 0.750. The van der Waals surface area contributed by atoms with Gasteiger partial charge in [0.25, 0.3) is 0 Å². The minimum Gasteiger partial charge on any atom is -0.331 e. The topological polar surface area (TPSA) is 26.0 Å². The van der Waals surface area contributed by atoms with Crippen LogP contribution in [-0.2, 0) is 0 Å². The Balaban J connectivity index is -0.000000505. The van der Waals surface area contributed by atoms with Gasteiger partial charge in [-0.15, -0.1) is 0 Å². The Hall–Kier alpha value is -0.755. The first-order chi connectivity index (χ1) is 9.54. The highest BCUT2D eigenvalue weighted by Gasteiger charge is 2.01. The van der Waals surface area contributed by atoms with Gasteiger partial charge in [0.15, 0.2) is 0 Å². The third kappa shape index (κ3) is 17.2. The third-order valence-electron chi connectivity index (χ3n) is 2.69. The van der Waals surface area contributed by atoms with E-state index in [1.807, 2.05) is 6.92 Å². The molecule has 0 aromatic carbocycles. The van der Waals surface area contributed by atoms with Crippen molar-refractivity contribution in [3.8, 4) is 0 Å². The number of unbranched alkanes of at least 4 members (excludes halogenated alkanes) is 3. The molecule has 0 unspecified atom stereocenters. The molecule has 0 heterocycles. The van der Waals surface area contributed by atoms with Crippen molar-refractivity contribution in [2.75, 3.05) is 6.54 Å². The number of rotatable bonds is 7. The smallest absolute Gasteiger partial charge is 0.0606 e. The number of allylic oxidation sites excluding steroid dienone is 5. The number of hydrogen-bond donors (Lipinski definition) is 1. The Morgan fingerprint density at radius 1 is 1.10 bits per heavy atom. The standard InChI is InChI=1S/C15H26.C2H7N.CH3B/c1-6-8-9-10-12-15(13(3)4)14(5)11-7-2;1-2-3;1-2/h7,11H,3,6,8-10,12H2,1-2,4-5H3;2-3H2,1H3;1H3/b11-7-,15-14-;;.